The molecular weight excluding hydrogens is 364 g/mol. The molecule has 0 saturated heterocycles. The highest BCUT2D eigenvalue weighted by Gasteiger charge is 2.12. The summed E-state index contributed by atoms with van der Waals surface area (Å²) in [5.74, 6) is -0.246. The number of hydrogen-bond donors (Lipinski definition) is 2. The second-order valence-corrected chi connectivity index (χ2v) is 7.49. The Labute approximate surface area is 170 Å². The Morgan fingerprint density at radius 1 is 1.03 bits per heavy atom. The number of rotatable bonds is 6. The third kappa shape index (κ3) is 5.39. The molecule has 1 aromatic heterocycles. The molecule has 3 aromatic rings. The number of carbonyl (C=O) groups excluding carboxylic acids is 2. The lowest BCUT2D eigenvalue weighted by molar-refractivity contribution is -0.116. The highest BCUT2D eigenvalue weighted by atomic mass is 16.2. The molecule has 2 amide bonds. The zero-order valence-electron chi connectivity index (χ0n) is 17.2. The van der Waals surface area contributed by atoms with E-state index in [9.17, 15) is 9.59 Å². The van der Waals surface area contributed by atoms with Crippen molar-refractivity contribution in [3.8, 4) is 0 Å². The maximum atomic E-state index is 12.7. The Hall–Kier alpha value is -3.25. The Balaban J connectivity index is 1.69. The van der Waals surface area contributed by atoms with E-state index in [-0.39, 0.29) is 11.8 Å². The van der Waals surface area contributed by atoms with Gasteiger partial charge in [0.25, 0.3) is 5.91 Å². The van der Waals surface area contributed by atoms with Crippen LogP contribution in [0.3, 0.4) is 0 Å². The number of anilines is 1. The number of benzene rings is 2. The summed E-state index contributed by atoms with van der Waals surface area (Å²) in [7, 11) is 3.69. The van der Waals surface area contributed by atoms with E-state index in [0.717, 1.165) is 22.0 Å². The van der Waals surface area contributed by atoms with E-state index in [1.807, 2.05) is 76.5 Å². The highest BCUT2D eigenvalue weighted by molar-refractivity contribution is 5.98. The number of pyridine rings is 1. The minimum Gasteiger partial charge on any atom is -0.348 e. The molecule has 2 N–H and O–H groups in total. The fourth-order valence-electron chi connectivity index (χ4n) is 3.15. The van der Waals surface area contributed by atoms with Crippen LogP contribution in [0.5, 0.6) is 0 Å². The number of carbonyl (C=O) groups is 2. The lowest BCUT2D eigenvalue weighted by Crippen LogP contribution is -2.27. The van der Waals surface area contributed by atoms with E-state index in [0.29, 0.717) is 30.0 Å². The van der Waals surface area contributed by atoms with Crippen molar-refractivity contribution in [2.75, 3.05) is 26.0 Å². The predicted octanol–water partition coefficient (Wildman–Crippen LogP) is 3.28. The smallest absolute Gasteiger partial charge is 0.253 e. The molecule has 0 bridgehead atoms. The van der Waals surface area contributed by atoms with Crippen molar-refractivity contribution in [1.82, 2.24) is 15.2 Å². The largest absolute Gasteiger partial charge is 0.348 e. The van der Waals surface area contributed by atoms with E-state index < -0.39 is 0 Å². The molecule has 0 atom stereocenters. The van der Waals surface area contributed by atoms with Crippen molar-refractivity contribution in [2.45, 2.75) is 20.4 Å². The zero-order chi connectivity index (χ0) is 21.0. The van der Waals surface area contributed by atoms with Crippen LogP contribution in [0.2, 0.25) is 0 Å². The molecule has 150 valence electrons. The summed E-state index contributed by atoms with van der Waals surface area (Å²) in [6, 6.07) is 15.4. The van der Waals surface area contributed by atoms with Crippen molar-refractivity contribution in [2.24, 2.45) is 0 Å². The Kier molecular flexibility index (Phi) is 6.24. The second kappa shape index (κ2) is 8.84. The molecule has 0 radical (unpaired) electrons. The van der Waals surface area contributed by atoms with Gasteiger partial charge in [-0.3, -0.25) is 14.6 Å². The molecule has 29 heavy (non-hydrogen) atoms. The van der Waals surface area contributed by atoms with Crippen LogP contribution in [-0.4, -0.2) is 42.3 Å². The van der Waals surface area contributed by atoms with Crippen LogP contribution in [0, 0.1) is 13.8 Å². The standard InChI is InChI=1S/C23H26N4O2/c1-15-8-9-21-18(10-15)12-20(16(2)25-21)23(29)24-13-17-6-5-7-19(11-17)26-22(28)14-27(3)4/h5-12H,13-14H2,1-4H3,(H,24,29)(H,26,28). The third-order valence-corrected chi connectivity index (χ3v) is 4.53. The van der Waals surface area contributed by atoms with Gasteiger partial charge < -0.3 is 15.5 Å². The monoisotopic (exact) mass is 390 g/mol. The SMILES string of the molecule is Cc1ccc2nc(C)c(C(=O)NCc3cccc(NC(=O)CN(C)C)c3)cc2c1. The zero-order valence-corrected chi connectivity index (χ0v) is 17.2. The predicted molar refractivity (Wildman–Crippen MR) is 116 cm³/mol. The number of likely N-dealkylation sites (N-methyl/N-ethyl adjacent to an activating group) is 1. The number of amides is 2. The Morgan fingerprint density at radius 3 is 2.59 bits per heavy atom. The average Bonchev–Trinajstić information content (AvgIpc) is 2.65. The maximum absolute atomic E-state index is 12.7. The number of nitrogens with zero attached hydrogens (tertiary/aromatic N) is 2. The van der Waals surface area contributed by atoms with Gasteiger partial charge in [0.1, 0.15) is 0 Å². The van der Waals surface area contributed by atoms with Crippen LogP contribution < -0.4 is 10.6 Å². The summed E-state index contributed by atoms with van der Waals surface area (Å²) < 4.78 is 0. The Morgan fingerprint density at radius 2 is 1.83 bits per heavy atom. The first kappa shape index (κ1) is 20.5. The summed E-state index contributed by atoms with van der Waals surface area (Å²) in [4.78, 5) is 31.0. The van der Waals surface area contributed by atoms with E-state index in [1.54, 1.807) is 4.90 Å². The van der Waals surface area contributed by atoms with E-state index in [4.69, 9.17) is 0 Å². The molecular formula is C23H26N4O2. The fraction of sp³-hybridized carbons (Fsp3) is 0.261. The topological polar surface area (TPSA) is 74.3 Å². The van der Waals surface area contributed by atoms with E-state index in [2.05, 4.69) is 15.6 Å². The van der Waals surface area contributed by atoms with Crippen LogP contribution >= 0.6 is 0 Å². The third-order valence-electron chi connectivity index (χ3n) is 4.53. The summed E-state index contributed by atoms with van der Waals surface area (Å²) in [6.07, 6.45) is 0. The normalized spacial score (nSPS) is 10.9. The number of fused-ring (bicyclic) bond motifs is 1. The lowest BCUT2D eigenvalue weighted by Gasteiger charge is -2.12. The first-order chi connectivity index (χ1) is 13.8. The fourth-order valence-corrected chi connectivity index (χ4v) is 3.15. The van der Waals surface area contributed by atoms with Crippen LogP contribution in [0.4, 0.5) is 5.69 Å². The van der Waals surface area contributed by atoms with E-state index in [1.165, 1.54) is 0 Å². The highest BCUT2D eigenvalue weighted by Crippen LogP contribution is 2.18. The quantitative estimate of drug-likeness (QED) is 0.677. The molecule has 0 fully saturated rings. The van der Waals surface area contributed by atoms with Gasteiger partial charge in [-0.25, -0.2) is 0 Å². The molecule has 0 saturated carbocycles. The van der Waals surface area contributed by atoms with Crippen LogP contribution in [0.1, 0.15) is 27.2 Å². The van der Waals surface area contributed by atoms with Crippen molar-refractivity contribution < 1.29 is 9.59 Å². The first-order valence-corrected chi connectivity index (χ1v) is 9.51. The van der Waals surface area contributed by atoms with Gasteiger partial charge >= 0.3 is 0 Å². The van der Waals surface area contributed by atoms with Gasteiger partial charge in [-0.2, -0.15) is 0 Å². The molecule has 6 nitrogen and oxygen atoms in total. The second-order valence-electron chi connectivity index (χ2n) is 7.49. The minimum atomic E-state index is -0.166. The Bertz CT molecular complexity index is 1060. The van der Waals surface area contributed by atoms with Crippen molar-refractivity contribution in [3.05, 3.63) is 70.9 Å². The molecule has 0 unspecified atom stereocenters. The van der Waals surface area contributed by atoms with Crippen molar-refractivity contribution >= 4 is 28.4 Å². The maximum Gasteiger partial charge on any atom is 0.253 e. The number of nitrogens with one attached hydrogen (secondary N) is 2. The van der Waals surface area contributed by atoms with Gasteiger partial charge in [-0.05, 0) is 63.8 Å². The van der Waals surface area contributed by atoms with Gasteiger partial charge in [0.2, 0.25) is 5.91 Å². The van der Waals surface area contributed by atoms with Gasteiger partial charge in [0, 0.05) is 17.6 Å². The van der Waals surface area contributed by atoms with Crippen LogP contribution in [0.15, 0.2) is 48.5 Å². The molecule has 0 aliphatic carbocycles. The number of aryl methyl sites for hydroxylation is 2. The number of hydrogen-bond acceptors (Lipinski definition) is 4. The van der Waals surface area contributed by atoms with Gasteiger partial charge in [-0.1, -0.05) is 23.8 Å². The first-order valence-electron chi connectivity index (χ1n) is 9.51. The number of aromatic nitrogens is 1. The van der Waals surface area contributed by atoms with E-state index >= 15 is 0 Å². The molecule has 2 aromatic carbocycles. The molecule has 6 heteroatoms. The molecule has 1 heterocycles. The van der Waals surface area contributed by atoms with Crippen LogP contribution in [0.25, 0.3) is 10.9 Å². The van der Waals surface area contributed by atoms with Crippen molar-refractivity contribution in [3.63, 3.8) is 0 Å². The summed E-state index contributed by atoms with van der Waals surface area (Å²) in [5.41, 5.74) is 4.89. The van der Waals surface area contributed by atoms with Gasteiger partial charge in [0.05, 0.1) is 23.3 Å². The molecule has 0 aliphatic rings. The molecule has 0 spiro atoms. The average molecular weight is 390 g/mol. The lowest BCUT2D eigenvalue weighted by atomic mass is 10.1. The summed E-state index contributed by atoms with van der Waals surface area (Å²) in [6.45, 7) is 4.54. The van der Waals surface area contributed by atoms with Crippen LogP contribution in [-0.2, 0) is 11.3 Å². The minimum absolute atomic E-state index is 0.0793. The summed E-state index contributed by atoms with van der Waals surface area (Å²) in [5, 5.41) is 6.76. The molecule has 0 aliphatic heterocycles. The summed E-state index contributed by atoms with van der Waals surface area (Å²) >= 11 is 0. The van der Waals surface area contributed by atoms with Gasteiger partial charge in [-0.15, -0.1) is 0 Å². The molecule has 3 rings (SSSR count). The van der Waals surface area contributed by atoms with Crippen molar-refractivity contribution in [1.29, 1.82) is 0 Å². The van der Waals surface area contributed by atoms with Gasteiger partial charge in [0.15, 0.2) is 0 Å².